The van der Waals surface area contributed by atoms with Gasteiger partial charge in [-0.05, 0) is 104 Å². The van der Waals surface area contributed by atoms with Crippen LogP contribution in [-0.4, -0.2) is 39.9 Å². The molecule has 210 valence electrons. The molecule has 40 heavy (non-hydrogen) atoms. The summed E-state index contributed by atoms with van der Waals surface area (Å²) in [6.07, 6.45) is 4.05. The Hall–Kier alpha value is -3.52. The van der Waals surface area contributed by atoms with Crippen molar-refractivity contribution < 1.29 is 28.5 Å². The van der Waals surface area contributed by atoms with Crippen LogP contribution >= 0.6 is 0 Å². The van der Waals surface area contributed by atoms with E-state index in [4.69, 9.17) is 4.74 Å². The molecule has 6 nitrogen and oxygen atoms in total. The van der Waals surface area contributed by atoms with Crippen molar-refractivity contribution in [3.8, 4) is 17.0 Å². The van der Waals surface area contributed by atoms with Crippen LogP contribution in [0.4, 0.5) is 14.5 Å². The van der Waals surface area contributed by atoms with E-state index in [0.717, 1.165) is 42.7 Å². The lowest BCUT2D eigenvalue weighted by Gasteiger charge is -2.38. The number of fused-ring (bicyclic) bond motifs is 3. The van der Waals surface area contributed by atoms with Crippen LogP contribution in [0.5, 0.6) is 5.88 Å². The Morgan fingerprint density at radius 1 is 1.10 bits per heavy atom. The lowest BCUT2D eigenvalue weighted by atomic mass is 9.83. The molecule has 8 heteroatoms. The minimum Gasteiger partial charge on any atom is -0.481 e. The number of carboxylic acids is 1. The Labute approximate surface area is 232 Å². The highest BCUT2D eigenvalue weighted by Crippen LogP contribution is 2.61. The molecule has 1 aliphatic heterocycles. The first-order valence-electron chi connectivity index (χ1n) is 13.9. The van der Waals surface area contributed by atoms with E-state index in [1.165, 1.54) is 12.1 Å². The van der Waals surface area contributed by atoms with Gasteiger partial charge in [-0.25, -0.2) is 13.8 Å². The van der Waals surface area contributed by atoms with Gasteiger partial charge in [0.2, 0.25) is 5.88 Å². The number of carboxylic acid groups (broad SMARTS) is 1. The average molecular weight is 549 g/mol. The molecule has 3 aromatic rings. The minimum atomic E-state index is -0.760. The normalized spacial score (nSPS) is 22.1. The second-order valence-electron chi connectivity index (χ2n) is 12.1. The summed E-state index contributed by atoms with van der Waals surface area (Å²) in [4.78, 5) is 17.8. The third-order valence-corrected chi connectivity index (χ3v) is 9.14. The molecule has 2 aromatic carbocycles. The third kappa shape index (κ3) is 4.83. The predicted octanol–water partition coefficient (Wildman–Crippen LogP) is 5.87. The molecule has 2 aliphatic carbocycles. The fraction of sp³-hybridized carbons (Fsp3) is 0.438. The molecule has 2 N–H and O–H groups in total. The number of aryl methyl sites for hydroxylation is 1. The first-order valence-corrected chi connectivity index (χ1v) is 13.9. The van der Waals surface area contributed by atoms with Gasteiger partial charge in [0.15, 0.2) is 0 Å². The number of hydrogen-bond donors (Lipinski definition) is 2. The number of ether oxygens (including phenoxy) is 1. The van der Waals surface area contributed by atoms with Gasteiger partial charge < -0.3 is 19.8 Å². The smallest absolute Gasteiger partial charge is 0.307 e. The maximum atomic E-state index is 15.4. The molecule has 1 saturated carbocycles. The fourth-order valence-corrected chi connectivity index (χ4v) is 6.72. The van der Waals surface area contributed by atoms with Gasteiger partial charge in [0.05, 0.1) is 11.5 Å². The van der Waals surface area contributed by atoms with Gasteiger partial charge in [0, 0.05) is 48.1 Å². The first kappa shape index (κ1) is 26.7. The number of pyridine rings is 1. The monoisotopic (exact) mass is 548 g/mol. The molecule has 3 atom stereocenters. The fourth-order valence-electron chi connectivity index (χ4n) is 6.72. The average Bonchev–Trinajstić information content (AvgIpc) is 3.50. The molecule has 0 radical (unpaired) electrons. The van der Waals surface area contributed by atoms with Crippen molar-refractivity contribution in [3.63, 3.8) is 0 Å². The van der Waals surface area contributed by atoms with Crippen molar-refractivity contribution in [3.05, 3.63) is 76.5 Å². The standard InChI is InChI=1S/C32H34F2N2O4/c1-17-10-26(33)19(16-40-28-13-18-11-24-29(25(18)15-35-28)30(24)31(37)38)12-23(17)22-5-4-21(14-27(22)34)36-8-6-20(7-9-36)32(2,3)39/h4-5,10,12-15,20,24,29-30,39H,6-9,11,16H2,1-3H3,(H,37,38)/t24-,29-,30+/m1/s1. The van der Waals surface area contributed by atoms with Gasteiger partial charge in [-0.2, -0.15) is 0 Å². The van der Waals surface area contributed by atoms with Crippen LogP contribution in [0.2, 0.25) is 0 Å². The largest absolute Gasteiger partial charge is 0.481 e. The van der Waals surface area contributed by atoms with Crippen LogP contribution in [0, 0.1) is 36.3 Å². The second kappa shape index (κ2) is 9.84. The number of benzene rings is 2. The van der Waals surface area contributed by atoms with E-state index < -0.39 is 17.4 Å². The molecule has 0 bridgehead atoms. The summed E-state index contributed by atoms with van der Waals surface area (Å²) in [5.74, 6) is -1.14. The quantitative estimate of drug-likeness (QED) is 0.384. The summed E-state index contributed by atoms with van der Waals surface area (Å²) in [7, 11) is 0. The van der Waals surface area contributed by atoms with E-state index >= 15 is 4.39 Å². The lowest BCUT2D eigenvalue weighted by Crippen LogP contribution is -2.41. The third-order valence-electron chi connectivity index (χ3n) is 9.14. The molecule has 1 saturated heterocycles. The maximum absolute atomic E-state index is 15.4. The number of rotatable bonds is 7. The molecule has 6 rings (SSSR count). The Bertz CT molecular complexity index is 1480. The summed E-state index contributed by atoms with van der Waals surface area (Å²) in [6, 6.07) is 10.0. The molecule has 0 spiro atoms. The molecular weight excluding hydrogens is 514 g/mol. The van der Waals surface area contributed by atoms with Gasteiger partial charge in [0.1, 0.15) is 18.2 Å². The van der Waals surface area contributed by atoms with Gasteiger partial charge in [0.25, 0.3) is 0 Å². The Morgan fingerprint density at radius 3 is 2.52 bits per heavy atom. The maximum Gasteiger partial charge on any atom is 0.307 e. The molecule has 0 unspecified atom stereocenters. The van der Waals surface area contributed by atoms with E-state index in [0.29, 0.717) is 34.6 Å². The van der Waals surface area contributed by atoms with Crippen molar-refractivity contribution >= 4 is 11.7 Å². The van der Waals surface area contributed by atoms with Crippen LogP contribution in [0.1, 0.15) is 54.9 Å². The summed E-state index contributed by atoms with van der Waals surface area (Å²) >= 11 is 0. The molecule has 2 fully saturated rings. The number of hydrogen-bond acceptors (Lipinski definition) is 5. The minimum absolute atomic E-state index is 0.0342. The van der Waals surface area contributed by atoms with Crippen molar-refractivity contribution in [2.75, 3.05) is 18.0 Å². The summed E-state index contributed by atoms with van der Waals surface area (Å²) in [5, 5.41) is 19.6. The van der Waals surface area contributed by atoms with Crippen molar-refractivity contribution in [2.45, 2.75) is 58.2 Å². The van der Waals surface area contributed by atoms with Crippen molar-refractivity contribution in [1.29, 1.82) is 0 Å². The number of anilines is 1. The number of carbonyl (C=O) groups is 1. The predicted molar refractivity (Wildman–Crippen MR) is 147 cm³/mol. The summed E-state index contributed by atoms with van der Waals surface area (Å²) in [6.45, 7) is 6.88. The first-order chi connectivity index (χ1) is 19.0. The van der Waals surface area contributed by atoms with Crippen LogP contribution in [0.3, 0.4) is 0 Å². The van der Waals surface area contributed by atoms with Gasteiger partial charge in [-0.3, -0.25) is 4.79 Å². The highest BCUT2D eigenvalue weighted by molar-refractivity contribution is 5.77. The molecular formula is C32H34F2N2O4. The molecule has 0 amide bonds. The molecule has 1 aromatic heterocycles. The van der Waals surface area contributed by atoms with Crippen LogP contribution < -0.4 is 9.64 Å². The zero-order chi connectivity index (χ0) is 28.3. The Balaban J connectivity index is 1.16. The highest BCUT2D eigenvalue weighted by Gasteiger charge is 2.59. The van der Waals surface area contributed by atoms with Gasteiger partial charge >= 0.3 is 5.97 Å². The SMILES string of the molecule is Cc1cc(F)c(COc2cc3c(cn2)[C@H]2[C@@H](C3)[C@@H]2C(=O)O)cc1-c1ccc(N2CCC(C(C)(C)O)CC2)cc1F. The van der Waals surface area contributed by atoms with Gasteiger partial charge in [-0.1, -0.05) is 0 Å². The second-order valence-corrected chi connectivity index (χ2v) is 12.1. The van der Waals surface area contributed by atoms with E-state index in [-0.39, 0.29) is 36.1 Å². The van der Waals surface area contributed by atoms with E-state index in [2.05, 4.69) is 9.88 Å². The van der Waals surface area contributed by atoms with Gasteiger partial charge in [-0.15, -0.1) is 0 Å². The number of aliphatic hydroxyl groups is 1. The Morgan fingerprint density at radius 2 is 1.85 bits per heavy atom. The van der Waals surface area contributed by atoms with Crippen LogP contribution in [0.15, 0.2) is 42.6 Å². The topological polar surface area (TPSA) is 82.9 Å². The molecule has 3 aliphatic rings. The molecule has 2 heterocycles. The van der Waals surface area contributed by atoms with Crippen molar-refractivity contribution in [2.24, 2.45) is 17.8 Å². The van der Waals surface area contributed by atoms with E-state index in [9.17, 15) is 19.4 Å². The summed E-state index contributed by atoms with van der Waals surface area (Å²) in [5.41, 5.74) is 4.02. The highest BCUT2D eigenvalue weighted by atomic mass is 19.1. The van der Waals surface area contributed by atoms with E-state index in [1.807, 2.05) is 26.0 Å². The zero-order valence-electron chi connectivity index (χ0n) is 23.0. The number of aliphatic carboxylic acids is 1. The zero-order valence-corrected chi connectivity index (χ0v) is 23.0. The van der Waals surface area contributed by atoms with Crippen molar-refractivity contribution in [1.82, 2.24) is 4.98 Å². The number of piperidine rings is 1. The number of nitrogens with zero attached hydrogens (tertiary/aromatic N) is 2. The summed E-state index contributed by atoms with van der Waals surface area (Å²) < 4.78 is 36.1. The van der Waals surface area contributed by atoms with Crippen LogP contribution in [-0.2, 0) is 17.8 Å². The Kier molecular flexibility index (Phi) is 6.56. The number of halogens is 2. The lowest BCUT2D eigenvalue weighted by molar-refractivity contribution is -0.139. The van der Waals surface area contributed by atoms with Crippen LogP contribution in [0.25, 0.3) is 11.1 Å². The van der Waals surface area contributed by atoms with E-state index in [1.54, 1.807) is 25.3 Å². The number of aromatic nitrogens is 1.